The summed E-state index contributed by atoms with van der Waals surface area (Å²) in [7, 11) is 0. The fourth-order valence-electron chi connectivity index (χ4n) is 3.37. The number of aryl methyl sites for hydroxylation is 1. The van der Waals surface area contributed by atoms with Gasteiger partial charge in [0.25, 0.3) is 11.5 Å². The highest BCUT2D eigenvalue weighted by molar-refractivity contribution is 6.31. The van der Waals surface area contributed by atoms with Crippen molar-refractivity contribution in [2.75, 3.05) is 13.1 Å². The molecular formula is C22H26ClN5O4. The molecule has 0 aliphatic rings. The second kappa shape index (κ2) is 9.86. The molecule has 3 rings (SSSR count). The number of aromatic amines is 1. The number of carbonyl (C=O) groups is 2. The third-order valence-corrected chi connectivity index (χ3v) is 5.13. The van der Waals surface area contributed by atoms with Gasteiger partial charge in [0.1, 0.15) is 5.69 Å². The molecule has 170 valence electrons. The van der Waals surface area contributed by atoms with E-state index in [2.05, 4.69) is 29.5 Å². The number of nitrogens with one attached hydrogen (secondary N) is 3. The Kier molecular flexibility index (Phi) is 7.19. The zero-order valence-corrected chi connectivity index (χ0v) is 19.0. The van der Waals surface area contributed by atoms with Crippen molar-refractivity contribution in [1.29, 1.82) is 0 Å². The summed E-state index contributed by atoms with van der Waals surface area (Å²) in [4.78, 5) is 50.2. The zero-order chi connectivity index (χ0) is 23.4. The molecule has 0 saturated heterocycles. The first-order chi connectivity index (χ1) is 15.2. The monoisotopic (exact) mass is 459 g/mol. The van der Waals surface area contributed by atoms with Gasteiger partial charge in [-0.1, -0.05) is 25.4 Å². The number of rotatable bonds is 7. The minimum absolute atomic E-state index is 0.211. The molecular weight excluding hydrogens is 434 g/mol. The fourth-order valence-corrected chi connectivity index (χ4v) is 3.55. The van der Waals surface area contributed by atoms with Crippen molar-refractivity contribution in [3.63, 3.8) is 0 Å². The molecule has 0 unspecified atom stereocenters. The number of carbonyl (C=O) groups excluding carboxylic acids is 2. The molecule has 2 heterocycles. The second-order valence-corrected chi connectivity index (χ2v) is 8.46. The van der Waals surface area contributed by atoms with Crippen molar-refractivity contribution in [3.8, 4) is 0 Å². The van der Waals surface area contributed by atoms with Crippen LogP contribution in [-0.4, -0.2) is 39.1 Å². The van der Waals surface area contributed by atoms with Gasteiger partial charge in [-0.25, -0.2) is 14.2 Å². The first-order valence-corrected chi connectivity index (χ1v) is 10.7. The van der Waals surface area contributed by atoms with Crippen LogP contribution in [-0.2, 0) is 6.54 Å². The van der Waals surface area contributed by atoms with Gasteiger partial charge in [0.2, 0.25) is 0 Å². The molecule has 0 aliphatic heterocycles. The van der Waals surface area contributed by atoms with E-state index in [0.29, 0.717) is 36.1 Å². The average Bonchev–Trinajstić information content (AvgIpc) is 3.07. The van der Waals surface area contributed by atoms with E-state index >= 15 is 0 Å². The molecule has 0 saturated carbocycles. The summed E-state index contributed by atoms with van der Waals surface area (Å²) in [6, 6.07) is 6.73. The minimum Gasteiger partial charge on any atom is -0.351 e. The summed E-state index contributed by atoms with van der Waals surface area (Å²) in [6.45, 7) is 6.95. The van der Waals surface area contributed by atoms with Gasteiger partial charge >= 0.3 is 11.7 Å². The van der Waals surface area contributed by atoms with Crippen LogP contribution in [0.5, 0.6) is 0 Å². The minimum atomic E-state index is -0.801. The smallest absolute Gasteiger partial charge is 0.336 e. The Balaban J connectivity index is 1.59. The Morgan fingerprint density at radius 1 is 1.12 bits per heavy atom. The molecule has 32 heavy (non-hydrogen) atoms. The van der Waals surface area contributed by atoms with Crippen LogP contribution < -0.4 is 21.9 Å². The molecule has 9 nitrogen and oxygen atoms in total. The first-order valence-electron chi connectivity index (χ1n) is 10.3. The van der Waals surface area contributed by atoms with E-state index in [4.69, 9.17) is 11.6 Å². The number of fused-ring (bicyclic) bond motifs is 1. The van der Waals surface area contributed by atoms with E-state index in [-0.39, 0.29) is 18.0 Å². The SMILES string of the molecule is Cc1cn(C(=O)NCCCNC(=O)c2cc3cc(Cl)ccc3n2CC(C)C)c(=O)[nH]c1=O. The van der Waals surface area contributed by atoms with Gasteiger partial charge in [-0.15, -0.1) is 0 Å². The zero-order valence-electron chi connectivity index (χ0n) is 18.2. The highest BCUT2D eigenvalue weighted by atomic mass is 35.5. The lowest BCUT2D eigenvalue weighted by atomic mass is 10.2. The molecule has 1 aromatic carbocycles. The van der Waals surface area contributed by atoms with Gasteiger partial charge in [0, 0.05) is 47.3 Å². The summed E-state index contributed by atoms with van der Waals surface area (Å²) in [5.74, 6) is 0.139. The number of nitrogens with zero attached hydrogens (tertiary/aromatic N) is 2. The first kappa shape index (κ1) is 23.3. The topological polar surface area (TPSA) is 118 Å². The maximum Gasteiger partial charge on any atom is 0.336 e. The summed E-state index contributed by atoms with van der Waals surface area (Å²) in [5.41, 5.74) is 0.422. The lowest BCUT2D eigenvalue weighted by Crippen LogP contribution is -2.41. The van der Waals surface area contributed by atoms with Crippen molar-refractivity contribution in [2.45, 2.75) is 33.7 Å². The van der Waals surface area contributed by atoms with E-state index in [1.807, 2.05) is 22.8 Å². The predicted molar refractivity (Wildman–Crippen MR) is 124 cm³/mol. The van der Waals surface area contributed by atoms with Crippen molar-refractivity contribution in [1.82, 2.24) is 24.8 Å². The van der Waals surface area contributed by atoms with Crippen molar-refractivity contribution in [3.05, 3.63) is 67.6 Å². The molecule has 3 aromatic rings. The number of H-pyrrole nitrogens is 1. The number of hydrogen-bond donors (Lipinski definition) is 3. The quantitative estimate of drug-likeness (QED) is 0.470. The van der Waals surface area contributed by atoms with E-state index in [1.54, 1.807) is 6.07 Å². The Labute approximate surface area is 189 Å². The highest BCUT2D eigenvalue weighted by Crippen LogP contribution is 2.24. The van der Waals surface area contributed by atoms with Crippen LogP contribution >= 0.6 is 11.6 Å². The van der Waals surface area contributed by atoms with Crippen LogP contribution in [0.25, 0.3) is 10.9 Å². The van der Waals surface area contributed by atoms with E-state index in [9.17, 15) is 19.2 Å². The molecule has 0 bridgehead atoms. The normalized spacial score (nSPS) is 11.2. The second-order valence-electron chi connectivity index (χ2n) is 8.02. The van der Waals surface area contributed by atoms with Gasteiger partial charge in [-0.2, -0.15) is 0 Å². The largest absolute Gasteiger partial charge is 0.351 e. The van der Waals surface area contributed by atoms with E-state index in [1.165, 1.54) is 13.1 Å². The molecule has 0 aliphatic carbocycles. The Hall–Kier alpha value is -3.33. The van der Waals surface area contributed by atoms with E-state index in [0.717, 1.165) is 15.5 Å². The number of aromatic nitrogens is 3. The standard InChI is InChI=1S/C22H26ClN5O4/c1-13(2)11-27-17-6-5-16(23)9-15(17)10-18(27)20(30)24-7-4-8-25-21(31)28-12-14(3)19(29)26-22(28)32/h5-6,9-10,12-13H,4,7-8,11H2,1-3H3,(H,24,30)(H,25,31)(H,26,29,32). The summed E-state index contributed by atoms with van der Waals surface area (Å²) in [6.07, 6.45) is 1.66. The molecule has 3 N–H and O–H groups in total. The molecule has 0 spiro atoms. The Bertz CT molecular complexity index is 1270. The molecule has 0 atom stereocenters. The van der Waals surface area contributed by atoms with Crippen molar-refractivity contribution in [2.24, 2.45) is 5.92 Å². The molecule has 2 amide bonds. The number of benzene rings is 1. The van der Waals surface area contributed by atoms with Crippen LogP contribution in [0.3, 0.4) is 0 Å². The van der Waals surface area contributed by atoms with Gasteiger partial charge < -0.3 is 15.2 Å². The number of halogens is 1. The lowest BCUT2D eigenvalue weighted by molar-refractivity contribution is 0.0944. The average molecular weight is 460 g/mol. The summed E-state index contributed by atoms with van der Waals surface area (Å²) >= 11 is 6.10. The van der Waals surface area contributed by atoms with Crippen molar-refractivity contribution < 1.29 is 9.59 Å². The third kappa shape index (κ3) is 5.28. The van der Waals surface area contributed by atoms with Gasteiger partial charge in [0.15, 0.2) is 0 Å². The van der Waals surface area contributed by atoms with Gasteiger partial charge in [-0.3, -0.25) is 14.6 Å². The molecule has 2 aromatic heterocycles. The lowest BCUT2D eigenvalue weighted by Gasteiger charge is -2.13. The summed E-state index contributed by atoms with van der Waals surface area (Å²) in [5, 5.41) is 6.98. The predicted octanol–water partition coefficient (Wildman–Crippen LogP) is 2.49. The highest BCUT2D eigenvalue weighted by Gasteiger charge is 2.16. The Morgan fingerprint density at radius 3 is 2.56 bits per heavy atom. The molecule has 0 radical (unpaired) electrons. The van der Waals surface area contributed by atoms with Crippen molar-refractivity contribution >= 4 is 34.4 Å². The number of hydrogen-bond acceptors (Lipinski definition) is 4. The van der Waals surface area contributed by atoms with Gasteiger partial charge in [0.05, 0.1) is 0 Å². The fraction of sp³-hybridized carbons (Fsp3) is 0.364. The third-order valence-electron chi connectivity index (χ3n) is 4.90. The van der Waals surface area contributed by atoms with Crippen LogP contribution in [0.2, 0.25) is 5.02 Å². The molecule has 0 fully saturated rings. The Morgan fingerprint density at radius 2 is 1.84 bits per heavy atom. The maximum atomic E-state index is 12.8. The maximum absolute atomic E-state index is 12.8. The number of amides is 2. The van der Waals surface area contributed by atoms with Crippen LogP contribution in [0, 0.1) is 12.8 Å². The molecule has 10 heteroatoms. The van der Waals surface area contributed by atoms with Crippen LogP contribution in [0.4, 0.5) is 4.79 Å². The van der Waals surface area contributed by atoms with Gasteiger partial charge in [-0.05, 0) is 43.5 Å². The van der Waals surface area contributed by atoms with Crippen LogP contribution in [0.15, 0.2) is 40.1 Å². The van der Waals surface area contributed by atoms with E-state index < -0.39 is 17.3 Å². The van der Waals surface area contributed by atoms with Crippen LogP contribution in [0.1, 0.15) is 36.3 Å². The summed E-state index contributed by atoms with van der Waals surface area (Å²) < 4.78 is 2.79.